The molecule has 3 rings (SSSR count). The fourth-order valence-corrected chi connectivity index (χ4v) is 4.58. The molecule has 1 saturated carbocycles. The average molecular weight is 364 g/mol. The van der Waals surface area contributed by atoms with Crippen LogP contribution in [0, 0.1) is 22.0 Å². The Kier molecular flexibility index (Phi) is 4.96. The van der Waals surface area contributed by atoms with E-state index in [0.29, 0.717) is 23.3 Å². The zero-order valence-corrected chi connectivity index (χ0v) is 14.4. The van der Waals surface area contributed by atoms with E-state index in [1.54, 1.807) is 0 Å². The number of primary amides is 1. The van der Waals surface area contributed by atoms with Gasteiger partial charge in [0.25, 0.3) is 5.69 Å². The number of fused-ring (bicyclic) bond motifs is 1. The number of hydrogen-bond donors (Lipinski definition) is 2. The summed E-state index contributed by atoms with van der Waals surface area (Å²) in [5.41, 5.74) is 11.1. The van der Waals surface area contributed by atoms with Gasteiger partial charge < -0.3 is 16.4 Å². The zero-order valence-electron chi connectivity index (χ0n) is 13.6. The highest BCUT2D eigenvalue weighted by Gasteiger charge is 2.42. The highest BCUT2D eigenvalue weighted by molar-refractivity contribution is 8.00. The lowest BCUT2D eigenvalue weighted by atomic mass is 9.98. The number of rotatable bonds is 5. The maximum Gasteiger partial charge on any atom is 0.283 e. The molecule has 1 aromatic rings. The molecule has 2 fully saturated rings. The van der Waals surface area contributed by atoms with Crippen LogP contribution in [0.3, 0.4) is 0 Å². The van der Waals surface area contributed by atoms with Crippen molar-refractivity contribution in [2.45, 2.75) is 23.8 Å². The van der Waals surface area contributed by atoms with E-state index in [-0.39, 0.29) is 29.0 Å². The topological polar surface area (TPSA) is 133 Å². The molecule has 1 aliphatic carbocycles. The molecule has 25 heavy (non-hydrogen) atoms. The van der Waals surface area contributed by atoms with Crippen molar-refractivity contribution in [1.82, 2.24) is 4.90 Å². The summed E-state index contributed by atoms with van der Waals surface area (Å²) in [7, 11) is 0. The fraction of sp³-hybridized carbons (Fsp3) is 0.500. The molecule has 0 radical (unpaired) electrons. The van der Waals surface area contributed by atoms with Crippen molar-refractivity contribution < 1.29 is 14.5 Å². The van der Waals surface area contributed by atoms with Crippen LogP contribution in [0.25, 0.3) is 0 Å². The summed E-state index contributed by atoms with van der Waals surface area (Å²) in [6.07, 6.45) is 2.08. The molecule has 0 aromatic heterocycles. The van der Waals surface area contributed by atoms with Gasteiger partial charge in [-0.1, -0.05) is 0 Å². The van der Waals surface area contributed by atoms with Gasteiger partial charge in [-0.2, -0.15) is 0 Å². The molecule has 1 aromatic carbocycles. The minimum Gasteiger partial charge on any atom is -0.366 e. The van der Waals surface area contributed by atoms with E-state index in [2.05, 4.69) is 0 Å². The summed E-state index contributed by atoms with van der Waals surface area (Å²) in [5, 5.41) is 11.2. The van der Waals surface area contributed by atoms with Gasteiger partial charge in [-0.15, -0.1) is 11.8 Å². The van der Waals surface area contributed by atoms with Crippen LogP contribution in [0.2, 0.25) is 0 Å². The van der Waals surface area contributed by atoms with Gasteiger partial charge in [0.05, 0.1) is 15.6 Å². The zero-order chi connectivity index (χ0) is 18.1. The number of amides is 2. The number of hydrogen-bond acceptors (Lipinski definition) is 6. The Labute approximate surface area is 149 Å². The van der Waals surface area contributed by atoms with Gasteiger partial charge >= 0.3 is 0 Å². The van der Waals surface area contributed by atoms with E-state index in [1.165, 1.54) is 12.1 Å². The van der Waals surface area contributed by atoms with Gasteiger partial charge in [-0.3, -0.25) is 19.7 Å². The fourth-order valence-electron chi connectivity index (χ4n) is 3.68. The molecule has 1 aliphatic heterocycles. The molecule has 9 heteroatoms. The second-order valence-electron chi connectivity index (χ2n) is 6.56. The Morgan fingerprint density at radius 1 is 1.32 bits per heavy atom. The van der Waals surface area contributed by atoms with Gasteiger partial charge in [0.2, 0.25) is 11.8 Å². The molecular weight excluding hydrogens is 344 g/mol. The number of benzene rings is 1. The minimum atomic E-state index is -0.726. The van der Waals surface area contributed by atoms with E-state index >= 15 is 0 Å². The van der Waals surface area contributed by atoms with E-state index in [1.807, 2.05) is 4.90 Å². The van der Waals surface area contributed by atoms with Gasteiger partial charge in [0, 0.05) is 30.8 Å². The molecule has 1 heterocycles. The predicted octanol–water partition coefficient (Wildman–Crippen LogP) is 0.982. The Morgan fingerprint density at radius 2 is 2.08 bits per heavy atom. The molecule has 2 aliphatic rings. The first-order valence-electron chi connectivity index (χ1n) is 8.11. The summed E-state index contributed by atoms with van der Waals surface area (Å²) in [6, 6.07) is 4.21. The van der Waals surface area contributed by atoms with Gasteiger partial charge in [0.15, 0.2) is 0 Å². The van der Waals surface area contributed by atoms with Crippen LogP contribution in [0.4, 0.5) is 5.69 Å². The summed E-state index contributed by atoms with van der Waals surface area (Å²) in [5.74, 6) is 0.202. The summed E-state index contributed by atoms with van der Waals surface area (Å²) >= 11 is 1.10. The van der Waals surface area contributed by atoms with Crippen molar-refractivity contribution in [3.8, 4) is 0 Å². The predicted molar refractivity (Wildman–Crippen MR) is 93.1 cm³/mol. The number of nitrogens with two attached hydrogens (primary N) is 2. The monoisotopic (exact) mass is 364 g/mol. The third-order valence-corrected chi connectivity index (χ3v) is 6.10. The van der Waals surface area contributed by atoms with Crippen LogP contribution in [-0.4, -0.2) is 46.5 Å². The normalized spacial score (nSPS) is 25.0. The maximum atomic E-state index is 12.4. The first-order valence-corrected chi connectivity index (χ1v) is 9.09. The first kappa shape index (κ1) is 17.7. The number of nitro groups is 1. The Hall–Kier alpha value is -2.13. The van der Waals surface area contributed by atoms with Crippen LogP contribution >= 0.6 is 11.8 Å². The number of likely N-dealkylation sites (tertiary alicyclic amines) is 1. The quantitative estimate of drug-likeness (QED) is 0.455. The number of carbonyl (C=O) groups excluding carboxylic acids is 2. The Bertz CT molecular complexity index is 726. The smallest absolute Gasteiger partial charge is 0.283 e. The van der Waals surface area contributed by atoms with Crippen LogP contribution in [-0.2, 0) is 4.79 Å². The van der Waals surface area contributed by atoms with Crippen molar-refractivity contribution in [2.75, 3.05) is 18.8 Å². The van der Waals surface area contributed by atoms with E-state index in [0.717, 1.165) is 37.2 Å². The van der Waals surface area contributed by atoms with Crippen molar-refractivity contribution >= 4 is 29.3 Å². The minimum absolute atomic E-state index is 0.0418. The third-order valence-electron chi connectivity index (χ3n) is 5.06. The summed E-state index contributed by atoms with van der Waals surface area (Å²) < 4.78 is 0. The standard InChI is InChI=1S/C16H20N4O4S/c17-12-3-1-10-6-19(7-11(10)12)15(21)8-25-14-4-2-9(16(18)22)5-13(14)20(23)24/h2,4-5,10-12H,1,3,6-8,17H2,(H2,18,22). The molecule has 4 N–H and O–H groups in total. The largest absolute Gasteiger partial charge is 0.366 e. The molecular formula is C16H20N4O4S. The molecule has 0 bridgehead atoms. The highest BCUT2D eigenvalue weighted by Crippen LogP contribution is 2.38. The molecule has 2 amide bonds. The molecule has 134 valence electrons. The Morgan fingerprint density at radius 3 is 2.72 bits per heavy atom. The summed E-state index contributed by atoms with van der Waals surface area (Å²) in [6.45, 7) is 1.40. The van der Waals surface area contributed by atoms with Gasteiger partial charge in [0.1, 0.15) is 0 Å². The van der Waals surface area contributed by atoms with E-state index in [9.17, 15) is 19.7 Å². The molecule has 0 spiro atoms. The number of carbonyl (C=O) groups is 2. The Balaban J connectivity index is 1.64. The van der Waals surface area contributed by atoms with Crippen molar-refractivity contribution in [1.29, 1.82) is 0 Å². The number of nitro benzene ring substituents is 1. The third kappa shape index (κ3) is 3.62. The van der Waals surface area contributed by atoms with Crippen molar-refractivity contribution in [3.63, 3.8) is 0 Å². The lowest BCUT2D eigenvalue weighted by molar-refractivity contribution is -0.387. The SMILES string of the molecule is NC(=O)c1ccc(SCC(=O)N2CC3CCC(N)C3C2)c([N+](=O)[O-])c1. The second kappa shape index (κ2) is 7.01. The molecule has 3 atom stereocenters. The summed E-state index contributed by atoms with van der Waals surface area (Å²) in [4.78, 5) is 36.4. The first-order chi connectivity index (χ1) is 11.9. The second-order valence-corrected chi connectivity index (χ2v) is 7.57. The van der Waals surface area contributed by atoms with Crippen LogP contribution < -0.4 is 11.5 Å². The lowest BCUT2D eigenvalue weighted by Gasteiger charge is -2.18. The number of thioether (sulfide) groups is 1. The van der Waals surface area contributed by atoms with E-state index < -0.39 is 10.8 Å². The van der Waals surface area contributed by atoms with Gasteiger partial charge in [-0.25, -0.2) is 0 Å². The average Bonchev–Trinajstić information content (AvgIpc) is 3.14. The lowest BCUT2D eigenvalue weighted by Crippen LogP contribution is -2.34. The molecule has 1 saturated heterocycles. The molecule has 3 unspecified atom stereocenters. The highest BCUT2D eigenvalue weighted by atomic mass is 32.2. The van der Waals surface area contributed by atoms with Crippen LogP contribution in [0.15, 0.2) is 23.1 Å². The van der Waals surface area contributed by atoms with Crippen LogP contribution in [0.5, 0.6) is 0 Å². The van der Waals surface area contributed by atoms with Crippen molar-refractivity contribution in [3.05, 3.63) is 33.9 Å². The maximum absolute atomic E-state index is 12.4. The van der Waals surface area contributed by atoms with E-state index in [4.69, 9.17) is 11.5 Å². The van der Waals surface area contributed by atoms with Crippen LogP contribution in [0.1, 0.15) is 23.2 Å². The van der Waals surface area contributed by atoms with Crippen molar-refractivity contribution in [2.24, 2.45) is 23.3 Å². The number of nitrogens with zero attached hydrogens (tertiary/aromatic N) is 2. The van der Waals surface area contributed by atoms with Gasteiger partial charge in [-0.05, 0) is 36.8 Å². The molecule has 8 nitrogen and oxygen atoms in total.